The number of ether oxygens (including phenoxy) is 3. The summed E-state index contributed by atoms with van der Waals surface area (Å²) in [5, 5.41) is 12.6. The summed E-state index contributed by atoms with van der Waals surface area (Å²) in [4.78, 5) is 42.0. The zero-order valence-corrected chi connectivity index (χ0v) is 18.1. The Hall–Kier alpha value is -3.62. The lowest BCUT2D eigenvalue weighted by atomic mass is 9.85. The van der Waals surface area contributed by atoms with Gasteiger partial charge in [-0.2, -0.15) is 0 Å². The Balaban J connectivity index is 1.77. The molecule has 0 aliphatic carbocycles. The van der Waals surface area contributed by atoms with Gasteiger partial charge in [-0.05, 0) is 18.9 Å². The number of aromatic nitrogens is 1. The van der Waals surface area contributed by atoms with Crippen molar-refractivity contribution in [3.8, 4) is 11.5 Å². The summed E-state index contributed by atoms with van der Waals surface area (Å²) in [5.41, 5.74) is 0.634. The molecule has 1 aliphatic rings. The minimum absolute atomic E-state index is 0.0554. The summed E-state index contributed by atoms with van der Waals surface area (Å²) >= 11 is 0. The van der Waals surface area contributed by atoms with Gasteiger partial charge in [0.05, 0.1) is 13.0 Å². The maximum atomic E-state index is 12.9. The number of cyclic esters (lactones) is 2. The molecule has 4 atom stereocenters. The van der Waals surface area contributed by atoms with Gasteiger partial charge in [0, 0.05) is 18.2 Å². The highest BCUT2D eigenvalue weighted by Crippen LogP contribution is 2.28. The molecule has 32 heavy (non-hydrogen) atoms. The first-order valence-electron chi connectivity index (χ1n) is 10.3. The van der Waals surface area contributed by atoms with Crippen molar-refractivity contribution in [3.63, 3.8) is 0 Å². The number of nitrogens with one attached hydrogen (secondary N) is 1. The SMILES string of the molecule is COc1ccnc(C(=O)NC2COC(=O)C(Cc3ccccc3)C(C)C(C)OC2=O)c1O. The maximum Gasteiger partial charge on any atom is 0.332 e. The lowest BCUT2D eigenvalue weighted by Gasteiger charge is -2.26. The van der Waals surface area contributed by atoms with Gasteiger partial charge >= 0.3 is 11.9 Å². The molecule has 170 valence electrons. The van der Waals surface area contributed by atoms with Gasteiger partial charge in [-0.3, -0.25) is 9.59 Å². The summed E-state index contributed by atoms with van der Waals surface area (Å²) in [6.45, 7) is 3.12. The number of carbonyl (C=O) groups is 3. The highest BCUT2D eigenvalue weighted by atomic mass is 16.6. The Bertz CT molecular complexity index is 980. The van der Waals surface area contributed by atoms with Crippen LogP contribution in [0.1, 0.15) is 29.9 Å². The number of hydrogen-bond donors (Lipinski definition) is 2. The van der Waals surface area contributed by atoms with E-state index in [1.54, 1.807) is 6.92 Å². The van der Waals surface area contributed by atoms with Crippen LogP contribution >= 0.6 is 0 Å². The number of amides is 1. The summed E-state index contributed by atoms with van der Waals surface area (Å²) < 4.78 is 15.9. The molecule has 9 heteroatoms. The molecule has 2 aromatic rings. The van der Waals surface area contributed by atoms with Crippen LogP contribution in [0.2, 0.25) is 0 Å². The lowest BCUT2D eigenvalue weighted by Crippen LogP contribution is -2.46. The number of methoxy groups -OCH3 is 1. The topological polar surface area (TPSA) is 124 Å². The van der Waals surface area contributed by atoms with E-state index < -0.39 is 48.3 Å². The summed E-state index contributed by atoms with van der Waals surface area (Å²) in [6, 6.07) is 9.62. The summed E-state index contributed by atoms with van der Waals surface area (Å²) in [6.07, 6.45) is 1.12. The highest BCUT2D eigenvalue weighted by Gasteiger charge is 2.37. The standard InChI is InChI=1S/C23H26N2O7/c1-13-14(2)32-23(29)17(25-21(27)19-20(26)18(30-3)9-10-24-19)12-31-22(28)16(13)11-15-7-5-4-6-8-15/h4-10,13-14,16-17,26H,11-12H2,1-3H3,(H,25,27). The van der Waals surface area contributed by atoms with Crippen molar-refractivity contribution in [3.05, 3.63) is 53.9 Å². The highest BCUT2D eigenvalue weighted by molar-refractivity contribution is 5.98. The van der Waals surface area contributed by atoms with E-state index >= 15 is 0 Å². The first-order chi connectivity index (χ1) is 15.3. The Kier molecular flexibility index (Phi) is 7.29. The Labute approximate surface area is 185 Å². The van der Waals surface area contributed by atoms with Crippen molar-refractivity contribution in [1.82, 2.24) is 10.3 Å². The molecule has 0 radical (unpaired) electrons. The van der Waals surface area contributed by atoms with E-state index in [1.165, 1.54) is 19.4 Å². The van der Waals surface area contributed by atoms with E-state index in [4.69, 9.17) is 14.2 Å². The third-order valence-corrected chi connectivity index (χ3v) is 5.58. The maximum absolute atomic E-state index is 12.9. The van der Waals surface area contributed by atoms with Crippen LogP contribution in [0.25, 0.3) is 0 Å². The van der Waals surface area contributed by atoms with E-state index in [0.717, 1.165) is 5.56 Å². The van der Waals surface area contributed by atoms with Crippen LogP contribution in [0.5, 0.6) is 11.5 Å². The molecule has 1 amide bonds. The van der Waals surface area contributed by atoms with Crippen LogP contribution < -0.4 is 10.1 Å². The van der Waals surface area contributed by atoms with Gasteiger partial charge in [-0.15, -0.1) is 0 Å². The van der Waals surface area contributed by atoms with Gasteiger partial charge in [-0.25, -0.2) is 9.78 Å². The molecule has 2 N–H and O–H groups in total. The van der Waals surface area contributed by atoms with E-state index in [1.807, 2.05) is 37.3 Å². The summed E-state index contributed by atoms with van der Waals surface area (Å²) in [7, 11) is 1.33. The number of pyridine rings is 1. The van der Waals surface area contributed by atoms with Crippen molar-refractivity contribution in [2.75, 3.05) is 13.7 Å². The molecular weight excluding hydrogens is 416 g/mol. The molecule has 4 unspecified atom stereocenters. The molecule has 1 aliphatic heterocycles. The van der Waals surface area contributed by atoms with Gasteiger partial charge in [0.2, 0.25) is 0 Å². The molecule has 2 heterocycles. The van der Waals surface area contributed by atoms with Crippen LogP contribution in [-0.2, 0) is 25.5 Å². The number of benzene rings is 1. The second-order valence-electron chi connectivity index (χ2n) is 7.66. The third-order valence-electron chi connectivity index (χ3n) is 5.58. The fourth-order valence-electron chi connectivity index (χ4n) is 3.49. The first-order valence-corrected chi connectivity index (χ1v) is 10.3. The summed E-state index contributed by atoms with van der Waals surface area (Å²) in [5.74, 6) is -3.31. The normalized spacial score (nSPS) is 23.7. The molecule has 0 saturated carbocycles. The smallest absolute Gasteiger partial charge is 0.332 e. The number of hydrogen-bond acceptors (Lipinski definition) is 8. The van der Waals surface area contributed by atoms with Gasteiger partial charge in [0.25, 0.3) is 5.91 Å². The fraction of sp³-hybridized carbons (Fsp3) is 0.391. The zero-order valence-electron chi connectivity index (χ0n) is 18.1. The number of rotatable bonds is 5. The van der Waals surface area contributed by atoms with Crippen molar-refractivity contribution >= 4 is 17.8 Å². The molecule has 3 rings (SSSR count). The van der Waals surface area contributed by atoms with Crippen LogP contribution in [0.4, 0.5) is 0 Å². The molecule has 1 aromatic heterocycles. The van der Waals surface area contributed by atoms with Crippen molar-refractivity contribution in [2.24, 2.45) is 11.8 Å². The van der Waals surface area contributed by atoms with Crippen molar-refractivity contribution in [2.45, 2.75) is 32.4 Å². The number of aromatic hydroxyl groups is 1. The van der Waals surface area contributed by atoms with Crippen molar-refractivity contribution < 1.29 is 33.7 Å². The van der Waals surface area contributed by atoms with Gasteiger partial charge in [0.1, 0.15) is 12.7 Å². The number of nitrogens with zero attached hydrogens (tertiary/aromatic N) is 1. The van der Waals surface area contributed by atoms with Gasteiger partial charge in [0.15, 0.2) is 23.2 Å². The zero-order chi connectivity index (χ0) is 23.3. The quantitative estimate of drug-likeness (QED) is 0.673. The van der Waals surface area contributed by atoms with Crippen LogP contribution in [0.3, 0.4) is 0 Å². The predicted octanol–water partition coefficient (Wildman–Crippen LogP) is 1.88. The monoisotopic (exact) mass is 442 g/mol. The van der Waals surface area contributed by atoms with E-state index in [2.05, 4.69) is 10.3 Å². The molecule has 1 fully saturated rings. The predicted molar refractivity (Wildman–Crippen MR) is 113 cm³/mol. The van der Waals surface area contributed by atoms with Gasteiger partial charge < -0.3 is 24.6 Å². The van der Waals surface area contributed by atoms with Crippen molar-refractivity contribution in [1.29, 1.82) is 0 Å². The third kappa shape index (κ3) is 5.16. The molecule has 9 nitrogen and oxygen atoms in total. The Morgan fingerprint density at radius 2 is 1.91 bits per heavy atom. The molecule has 1 saturated heterocycles. The number of esters is 2. The van der Waals surface area contributed by atoms with Crippen LogP contribution in [0.15, 0.2) is 42.6 Å². The number of carbonyl (C=O) groups excluding carboxylic acids is 3. The fourth-order valence-corrected chi connectivity index (χ4v) is 3.49. The Morgan fingerprint density at radius 3 is 2.59 bits per heavy atom. The molecule has 1 aromatic carbocycles. The average Bonchev–Trinajstić information content (AvgIpc) is 2.82. The van der Waals surface area contributed by atoms with E-state index in [9.17, 15) is 19.5 Å². The minimum Gasteiger partial charge on any atom is -0.503 e. The largest absolute Gasteiger partial charge is 0.503 e. The first kappa shape index (κ1) is 23.1. The van der Waals surface area contributed by atoms with Crippen LogP contribution in [-0.4, -0.2) is 53.8 Å². The average molecular weight is 442 g/mol. The molecule has 0 spiro atoms. The minimum atomic E-state index is -1.26. The molecular formula is C23H26N2O7. The van der Waals surface area contributed by atoms with Gasteiger partial charge in [-0.1, -0.05) is 37.3 Å². The molecule has 0 bridgehead atoms. The second kappa shape index (κ2) is 10.1. The second-order valence-corrected chi connectivity index (χ2v) is 7.66. The van der Waals surface area contributed by atoms with E-state index in [-0.39, 0.29) is 17.4 Å². The lowest BCUT2D eigenvalue weighted by molar-refractivity contribution is -0.153. The van der Waals surface area contributed by atoms with Crippen LogP contribution in [0, 0.1) is 11.8 Å². The Morgan fingerprint density at radius 1 is 1.19 bits per heavy atom. The van der Waals surface area contributed by atoms with E-state index in [0.29, 0.717) is 6.42 Å².